The molecule has 0 aliphatic rings. The summed E-state index contributed by atoms with van der Waals surface area (Å²) in [5.41, 5.74) is 1.07. The van der Waals surface area contributed by atoms with Gasteiger partial charge in [-0.3, -0.25) is 0 Å². The molecule has 1 aromatic heterocycles. The Morgan fingerprint density at radius 2 is 1.89 bits per heavy atom. The molecule has 0 fully saturated rings. The van der Waals surface area contributed by atoms with E-state index in [2.05, 4.69) is 27.6 Å². The van der Waals surface area contributed by atoms with Crippen molar-refractivity contribution in [3.63, 3.8) is 0 Å². The zero-order chi connectivity index (χ0) is 13.0. The zero-order valence-electron chi connectivity index (χ0n) is 9.69. The third kappa shape index (κ3) is 3.49. The highest BCUT2D eigenvalue weighted by Crippen LogP contribution is 2.22. The third-order valence-corrected chi connectivity index (χ3v) is 3.32. The van der Waals surface area contributed by atoms with Gasteiger partial charge in [0.05, 0.1) is 7.11 Å². The van der Waals surface area contributed by atoms with Gasteiger partial charge in [-0.2, -0.15) is 0 Å². The van der Waals surface area contributed by atoms with Crippen molar-refractivity contribution in [2.75, 3.05) is 7.11 Å². The molecular weight excluding hydrogens is 365 g/mol. The molecule has 5 heteroatoms. The smallest absolute Gasteiger partial charge is 0.151 e. The van der Waals surface area contributed by atoms with Crippen LogP contribution in [0.5, 0.6) is 11.5 Å². The van der Waals surface area contributed by atoms with Gasteiger partial charge in [0.15, 0.2) is 5.75 Å². The van der Waals surface area contributed by atoms with Crippen LogP contribution < -0.4 is 9.47 Å². The van der Waals surface area contributed by atoms with Crippen molar-refractivity contribution >= 4 is 34.2 Å². The molecule has 1 heterocycles. The average Bonchev–Trinajstić information content (AvgIpc) is 2.38. The summed E-state index contributed by atoms with van der Waals surface area (Å²) in [6.45, 7) is 0.489. The van der Waals surface area contributed by atoms with Crippen LogP contribution in [0.1, 0.15) is 5.56 Å². The highest BCUT2D eigenvalue weighted by atomic mass is 127. The molecule has 0 unspecified atom stereocenters. The van der Waals surface area contributed by atoms with E-state index in [1.807, 2.05) is 30.3 Å². The van der Waals surface area contributed by atoms with Crippen LogP contribution in [0, 0.1) is 3.70 Å². The van der Waals surface area contributed by atoms with E-state index in [-0.39, 0.29) is 0 Å². The van der Waals surface area contributed by atoms with Crippen LogP contribution in [0.2, 0.25) is 5.15 Å². The van der Waals surface area contributed by atoms with Gasteiger partial charge in [0.2, 0.25) is 0 Å². The number of nitrogens with zero attached hydrogens (tertiary/aromatic N) is 1. The van der Waals surface area contributed by atoms with E-state index in [0.717, 1.165) is 20.8 Å². The molecule has 0 saturated heterocycles. The quantitative estimate of drug-likeness (QED) is 0.599. The number of pyridine rings is 1. The lowest BCUT2D eigenvalue weighted by Gasteiger charge is -2.08. The molecule has 0 spiro atoms. The van der Waals surface area contributed by atoms with Crippen molar-refractivity contribution in [2.45, 2.75) is 6.61 Å². The molecule has 0 atom stereocenters. The van der Waals surface area contributed by atoms with Gasteiger partial charge in [-0.25, -0.2) is 4.98 Å². The molecule has 94 valence electrons. The Kier molecular flexibility index (Phi) is 4.66. The minimum atomic E-state index is 0.469. The maximum Gasteiger partial charge on any atom is 0.151 e. The molecule has 2 aromatic rings. The Morgan fingerprint density at radius 3 is 2.50 bits per heavy atom. The van der Waals surface area contributed by atoms with Crippen LogP contribution in [0.3, 0.4) is 0 Å². The Hall–Kier alpha value is -1.01. The molecule has 2 rings (SSSR count). The topological polar surface area (TPSA) is 31.4 Å². The Balaban J connectivity index is 2.02. The lowest BCUT2D eigenvalue weighted by atomic mass is 10.2. The fourth-order valence-corrected chi connectivity index (χ4v) is 2.28. The summed E-state index contributed by atoms with van der Waals surface area (Å²) in [5, 5.41) is 0.469. The first kappa shape index (κ1) is 13.4. The van der Waals surface area contributed by atoms with Crippen LogP contribution in [-0.4, -0.2) is 12.1 Å². The normalized spacial score (nSPS) is 10.2. The molecule has 0 amide bonds. The molecule has 18 heavy (non-hydrogen) atoms. The number of aromatic nitrogens is 1. The van der Waals surface area contributed by atoms with E-state index < -0.39 is 0 Å². The number of methoxy groups -OCH3 is 1. The summed E-state index contributed by atoms with van der Waals surface area (Å²) in [4.78, 5) is 4.12. The van der Waals surface area contributed by atoms with E-state index in [1.165, 1.54) is 0 Å². The highest BCUT2D eigenvalue weighted by molar-refractivity contribution is 14.1. The van der Waals surface area contributed by atoms with E-state index in [4.69, 9.17) is 21.1 Å². The second kappa shape index (κ2) is 6.24. The fourth-order valence-electron chi connectivity index (χ4n) is 1.39. The minimum absolute atomic E-state index is 0.469. The van der Waals surface area contributed by atoms with Crippen LogP contribution in [0.15, 0.2) is 36.4 Å². The number of hydrogen-bond donors (Lipinski definition) is 0. The predicted molar refractivity (Wildman–Crippen MR) is 79.3 cm³/mol. The molecular formula is C13H11ClINO2. The summed E-state index contributed by atoms with van der Waals surface area (Å²) in [5.74, 6) is 1.57. The lowest BCUT2D eigenvalue weighted by Crippen LogP contribution is -1.98. The first-order chi connectivity index (χ1) is 8.69. The maximum atomic E-state index is 5.78. The van der Waals surface area contributed by atoms with Crippen LogP contribution in [0.4, 0.5) is 0 Å². The number of benzene rings is 1. The number of rotatable bonds is 4. The second-order valence-electron chi connectivity index (χ2n) is 3.56. The lowest BCUT2D eigenvalue weighted by molar-refractivity contribution is 0.302. The van der Waals surface area contributed by atoms with Crippen molar-refractivity contribution < 1.29 is 9.47 Å². The fraction of sp³-hybridized carbons (Fsp3) is 0.154. The molecule has 0 N–H and O–H groups in total. The van der Waals surface area contributed by atoms with Crippen LogP contribution >= 0.6 is 34.2 Å². The van der Waals surface area contributed by atoms with E-state index >= 15 is 0 Å². The number of halogens is 2. The molecule has 3 nitrogen and oxygen atoms in total. The van der Waals surface area contributed by atoms with Gasteiger partial charge >= 0.3 is 0 Å². The molecule has 0 bridgehead atoms. The molecule has 0 saturated carbocycles. The van der Waals surface area contributed by atoms with Crippen molar-refractivity contribution in [3.05, 3.63) is 50.8 Å². The molecule has 0 aliphatic carbocycles. The van der Waals surface area contributed by atoms with E-state index in [1.54, 1.807) is 13.2 Å². The Bertz CT molecular complexity index is 531. The van der Waals surface area contributed by atoms with E-state index in [0.29, 0.717) is 11.8 Å². The van der Waals surface area contributed by atoms with Gasteiger partial charge in [-0.1, -0.05) is 23.7 Å². The van der Waals surface area contributed by atoms with Gasteiger partial charge in [-0.05, 0) is 52.4 Å². The summed E-state index contributed by atoms with van der Waals surface area (Å²) < 4.78 is 11.5. The van der Waals surface area contributed by atoms with Crippen LogP contribution in [-0.2, 0) is 6.61 Å². The monoisotopic (exact) mass is 375 g/mol. The third-order valence-electron chi connectivity index (χ3n) is 2.33. The van der Waals surface area contributed by atoms with Crippen molar-refractivity contribution in [3.8, 4) is 11.5 Å². The molecule has 1 aromatic carbocycles. The Morgan fingerprint density at radius 1 is 1.17 bits per heavy atom. The van der Waals surface area contributed by atoms with E-state index in [9.17, 15) is 0 Å². The zero-order valence-corrected chi connectivity index (χ0v) is 12.6. The second-order valence-corrected chi connectivity index (χ2v) is 4.97. The van der Waals surface area contributed by atoms with Crippen molar-refractivity contribution in [1.82, 2.24) is 4.98 Å². The SMILES string of the molecule is COc1ccc(COc2ccc(Cl)nc2I)cc1. The maximum absolute atomic E-state index is 5.78. The van der Waals surface area contributed by atoms with Crippen LogP contribution in [0.25, 0.3) is 0 Å². The summed E-state index contributed by atoms with van der Waals surface area (Å²) >= 11 is 7.88. The summed E-state index contributed by atoms with van der Waals surface area (Å²) in [6, 6.07) is 11.3. The predicted octanol–water partition coefficient (Wildman–Crippen LogP) is 3.93. The van der Waals surface area contributed by atoms with Crippen molar-refractivity contribution in [1.29, 1.82) is 0 Å². The largest absolute Gasteiger partial charge is 0.497 e. The van der Waals surface area contributed by atoms with Crippen molar-refractivity contribution in [2.24, 2.45) is 0 Å². The average molecular weight is 376 g/mol. The minimum Gasteiger partial charge on any atom is -0.497 e. The van der Waals surface area contributed by atoms with Gasteiger partial charge in [0.25, 0.3) is 0 Å². The van der Waals surface area contributed by atoms with Gasteiger partial charge in [-0.15, -0.1) is 0 Å². The highest BCUT2D eigenvalue weighted by Gasteiger charge is 2.03. The Labute approximate surface area is 124 Å². The van der Waals surface area contributed by atoms with Gasteiger partial charge < -0.3 is 9.47 Å². The molecule has 0 radical (unpaired) electrons. The van der Waals surface area contributed by atoms with Gasteiger partial charge in [0, 0.05) is 0 Å². The number of hydrogen-bond acceptors (Lipinski definition) is 3. The summed E-state index contributed by atoms with van der Waals surface area (Å²) in [6.07, 6.45) is 0. The van der Waals surface area contributed by atoms with Gasteiger partial charge in [0.1, 0.15) is 21.2 Å². The first-order valence-electron chi connectivity index (χ1n) is 5.27. The number of ether oxygens (including phenoxy) is 2. The molecule has 0 aliphatic heterocycles. The summed E-state index contributed by atoms with van der Waals surface area (Å²) in [7, 11) is 1.65. The first-order valence-corrected chi connectivity index (χ1v) is 6.72. The standard InChI is InChI=1S/C13H11ClINO2/c1-17-10-4-2-9(3-5-10)8-18-11-6-7-12(14)16-13(11)15/h2-7H,8H2,1H3.